The van der Waals surface area contributed by atoms with Crippen LogP contribution in [0.5, 0.6) is 0 Å². The van der Waals surface area contributed by atoms with Gasteiger partial charge < -0.3 is 30.4 Å². The number of rotatable bonds is 4. The molecule has 8 nitrogen and oxygen atoms in total. The SMILES string of the molecule is Nc1ncnc2c1c(F)cn2[C@@H]1O[C@@H]([C@H](O)Cc2ccc(Cl)c(F)c2)[C@@H](O)[C@H]1O. The Balaban J connectivity index is 1.59. The summed E-state index contributed by atoms with van der Waals surface area (Å²) in [7, 11) is 0. The smallest absolute Gasteiger partial charge is 0.164 e. The first-order valence-electron chi connectivity index (χ1n) is 8.68. The highest BCUT2D eigenvalue weighted by molar-refractivity contribution is 6.30. The Morgan fingerprint density at radius 3 is 2.69 bits per heavy atom. The van der Waals surface area contributed by atoms with Crippen molar-refractivity contribution in [2.45, 2.75) is 37.1 Å². The van der Waals surface area contributed by atoms with Crippen LogP contribution in [0.25, 0.3) is 11.0 Å². The normalized spacial score (nSPS) is 25.6. The molecule has 1 fully saturated rings. The number of aliphatic hydroxyl groups excluding tert-OH is 3. The number of nitrogens with two attached hydrogens (primary N) is 1. The van der Waals surface area contributed by atoms with Gasteiger partial charge in [0.15, 0.2) is 17.7 Å². The van der Waals surface area contributed by atoms with E-state index in [1.807, 2.05) is 0 Å². The summed E-state index contributed by atoms with van der Waals surface area (Å²) in [4.78, 5) is 7.69. The maximum atomic E-state index is 14.3. The average molecular weight is 427 g/mol. The number of aliphatic hydroxyl groups is 3. The van der Waals surface area contributed by atoms with Gasteiger partial charge >= 0.3 is 0 Å². The summed E-state index contributed by atoms with van der Waals surface area (Å²) in [6, 6.07) is 4.04. The van der Waals surface area contributed by atoms with E-state index in [4.69, 9.17) is 22.1 Å². The molecule has 2 aromatic heterocycles. The first-order chi connectivity index (χ1) is 13.8. The van der Waals surface area contributed by atoms with Crippen LogP contribution in [-0.4, -0.2) is 54.3 Å². The zero-order valence-electron chi connectivity index (χ0n) is 14.8. The molecule has 0 radical (unpaired) electrons. The van der Waals surface area contributed by atoms with E-state index in [1.54, 1.807) is 0 Å². The van der Waals surface area contributed by atoms with Crippen molar-refractivity contribution >= 4 is 28.5 Å². The molecule has 0 bridgehead atoms. The van der Waals surface area contributed by atoms with E-state index in [1.165, 1.54) is 16.7 Å². The molecule has 1 aliphatic heterocycles. The van der Waals surface area contributed by atoms with Crippen LogP contribution in [0.1, 0.15) is 11.8 Å². The standard InChI is InChI=1S/C18H17ClF2N4O4/c19-8-2-1-7(3-9(8)20)4-11(26)15-13(27)14(28)18(29-15)25-5-10(21)12-16(22)23-6-24-17(12)25/h1-3,5-6,11,13-15,18,26-28H,4H2,(H2,22,23,24)/t11-,13+,14-,15+,18-/m1/s1. The zero-order valence-corrected chi connectivity index (χ0v) is 15.5. The van der Waals surface area contributed by atoms with E-state index in [0.717, 1.165) is 18.6 Å². The molecule has 0 saturated carbocycles. The molecule has 4 rings (SSSR count). The van der Waals surface area contributed by atoms with Crippen molar-refractivity contribution in [3.63, 3.8) is 0 Å². The van der Waals surface area contributed by atoms with Gasteiger partial charge in [-0.15, -0.1) is 0 Å². The molecule has 5 atom stereocenters. The zero-order chi connectivity index (χ0) is 20.9. The van der Waals surface area contributed by atoms with Gasteiger partial charge in [-0.2, -0.15) is 0 Å². The van der Waals surface area contributed by atoms with Crippen molar-refractivity contribution in [3.8, 4) is 0 Å². The van der Waals surface area contributed by atoms with Gasteiger partial charge in [0.05, 0.1) is 16.5 Å². The van der Waals surface area contributed by atoms with Crippen LogP contribution in [0.15, 0.2) is 30.7 Å². The number of aromatic nitrogens is 3. The van der Waals surface area contributed by atoms with Crippen molar-refractivity contribution in [1.82, 2.24) is 14.5 Å². The first-order valence-corrected chi connectivity index (χ1v) is 9.06. The number of benzene rings is 1. The number of ether oxygens (including phenoxy) is 1. The maximum Gasteiger partial charge on any atom is 0.164 e. The molecule has 5 N–H and O–H groups in total. The van der Waals surface area contributed by atoms with E-state index < -0.39 is 42.3 Å². The molecule has 0 unspecified atom stereocenters. The second kappa shape index (κ2) is 7.47. The lowest BCUT2D eigenvalue weighted by Crippen LogP contribution is -2.39. The fraction of sp³-hybridized carbons (Fsp3) is 0.333. The Hall–Kier alpha value is -2.37. The van der Waals surface area contributed by atoms with Crippen LogP contribution in [0.2, 0.25) is 5.02 Å². The minimum absolute atomic E-state index is 0.0431. The van der Waals surface area contributed by atoms with E-state index in [9.17, 15) is 24.1 Å². The largest absolute Gasteiger partial charge is 0.390 e. The van der Waals surface area contributed by atoms with Crippen molar-refractivity contribution in [3.05, 3.63) is 52.9 Å². The molecule has 3 heterocycles. The van der Waals surface area contributed by atoms with Crippen LogP contribution in [-0.2, 0) is 11.2 Å². The highest BCUT2D eigenvalue weighted by atomic mass is 35.5. The Morgan fingerprint density at radius 2 is 1.97 bits per heavy atom. The Bertz CT molecular complexity index is 1070. The first kappa shape index (κ1) is 19.9. The fourth-order valence-electron chi connectivity index (χ4n) is 3.51. The molecule has 1 saturated heterocycles. The molecule has 1 aliphatic rings. The highest BCUT2D eigenvalue weighted by Crippen LogP contribution is 2.35. The van der Waals surface area contributed by atoms with E-state index in [2.05, 4.69) is 9.97 Å². The molecule has 0 amide bonds. The Morgan fingerprint density at radius 1 is 1.21 bits per heavy atom. The third kappa shape index (κ3) is 3.43. The summed E-state index contributed by atoms with van der Waals surface area (Å²) in [5.74, 6) is -1.45. The Kier molecular flexibility index (Phi) is 5.13. The molecular formula is C18H17ClF2N4O4. The maximum absolute atomic E-state index is 14.3. The molecular weight excluding hydrogens is 410 g/mol. The third-order valence-electron chi connectivity index (χ3n) is 4.95. The van der Waals surface area contributed by atoms with Crippen LogP contribution >= 0.6 is 11.6 Å². The summed E-state index contributed by atoms with van der Waals surface area (Å²) >= 11 is 5.65. The minimum atomic E-state index is -1.48. The van der Waals surface area contributed by atoms with Gasteiger partial charge in [-0.25, -0.2) is 18.7 Å². The second-order valence-electron chi connectivity index (χ2n) is 6.83. The molecule has 0 aliphatic carbocycles. The van der Waals surface area contributed by atoms with E-state index >= 15 is 0 Å². The van der Waals surface area contributed by atoms with Crippen molar-refractivity contribution in [2.24, 2.45) is 0 Å². The number of anilines is 1. The van der Waals surface area contributed by atoms with Crippen molar-refractivity contribution < 1.29 is 28.8 Å². The van der Waals surface area contributed by atoms with Crippen molar-refractivity contribution in [1.29, 1.82) is 0 Å². The monoisotopic (exact) mass is 426 g/mol. The molecule has 1 aromatic carbocycles. The molecule has 11 heteroatoms. The summed E-state index contributed by atoms with van der Waals surface area (Å²) in [5.41, 5.74) is 6.17. The van der Waals surface area contributed by atoms with Crippen LogP contribution in [0, 0.1) is 11.6 Å². The van der Waals surface area contributed by atoms with Gasteiger partial charge in [0.25, 0.3) is 0 Å². The summed E-state index contributed by atoms with van der Waals surface area (Å²) in [6.45, 7) is 0. The lowest BCUT2D eigenvalue weighted by Gasteiger charge is -2.21. The summed E-state index contributed by atoms with van der Waals surface area (Å²) < 4.78 is 34.7. The average Bonchev–Trinajstić information content (AvgIpc) is 3.16. The highest BCUT2D eigenvalue weighted by Gasteiger charge is 2.47. The Labute approximate surface area is 168 Å². The number of halogens is 3. The van der Waals surface area contributed by atoms with Crippen LogP contribution < -0.4 is 5.73 Å². The third-order valence-corrected chi connectivity index (χ3v) is 5.26. The van der Waals surface area contributed by atoms with Gasteiger partial charge in [-0.05, 0) is 17.7 Å². The lowest BCUT2D eigenvalue weighted by atomic mass is 9.99. The molecule has 0 spiro atoms. The molecule has 154 valence electrons. The van der Waals surface area contributed by atoms with Crippen LogP contribution in [0.3, 0.4) is 0 Å². The molecule has 3 aromatic rings. The van der Waals surface area contributed by atoms with Gasteiger partial charge in [-0.3, -0.25) is 0 Å². The number of hydrogen-bond donors (Lipinski definition) is 4. The van der Waals surface area contributed by atoms with E-state index in [0.29, 0.717) is 5.56 Å². The topological polar surface area (TPSA) is 127 Å². The lowest BCUT2D eigenvalue weighted by molar-refractivity contribution is -0.0829. The predicted octanol–water partition coefficient (Wildman–Crippen LogP) is 1.17. The number of hydrogen-bond acceptors (Lipinski definition) is 7. The van der Waals surface area contributed by atoms with Crippen LogP contribution in [0.4, 0.5) is 14.6 Å². The number of fused-ring (bicyclic) bond motifs is 1. The minimum Gasteiger partial charge on any atom is -0.390 e. The number of nitrogens with zero attached hydrogens (tertiary/aromatic N) is 3. The molecule has 29 heavy (non-hydrogen) atoms. The number of nitrogen functional groups attached to an aromatic ring is 1. The van der Waals surface area contributed by atoms with Gasteiger partial charge in [0, 0.05) is 12.6 Å². The van der Waals surface area contributed by atoms with Gasteiger partial charge in [0.2, 0.25) is 0 Å². The second-order valence-corrected chi connectivity index (χ2v) is 7.24. The van der Waals surface area contributed by atoms with E-state index in [-0.39, 0.29) is 28.3 Å². The van der Waals surface area contributed by atoms with Crippen molar-refractivity contribution in [2.75, 3.05) is 5.73 Å². The van der Waals surface area contributed by atoms with Gasteiger partial charge in [-0.1, -0.05) is 17.7 Å². The quantitative estimate of drug-likeness (QED) is 0.493. The van der Waals surface area contributed by atoms with Gasteiger partial charge in [0.1, 0.15) is 36.3 Å². The fourth-order valence-corrected chi connectivity index (χ4v) is 3.63. The predicted molar refractivity (Wildman–Crippen MR) is 98.9 cm³/mol. The summed E-state index contributed by atoms with van der Waals surface area (Å²) in [6.07, 6.45) is -4.59. The summed E-state index contributed by atoms with van der Waals surface area (Å²) in [5, 5.41) is 31.2.